The molecule has 0 saturated heterocycles. The Morgan fingerprint density at radius 1 is 1.38 bits per heavy atom. The van der Waals surface area contributed by atoms with Crippen molar-refractivity contribution in [3.05, 3.63) is 24.3 Å². The molecule has 0 spiro atoms. The average molecular weight is 189 g/mol. The van der Waals surface area contributed by atoms with Gasteiger partial charge in [0.1, 0.15) is 8.07 Å². The summed E-state index contributed by atoms with van der Waals surface area (Å²) in [5.41, 5.74) is 1.10. The highest BCUT2D eigenvalue weighted by Crippen LogP contribution is 2.11. The lowest BCUT2D eigenvalue weighted by atomic mass is 10.3. The van der Waals surface area contributed by atoms with Crippen LogP contribution >= 0.6 is 0 Å². The lowest BCUT2D eigenvalue weighted by Gasteiger charge is -2.12. The molecule has 0 atom stereocenters. The zero-order valence-electron chi connectivity index (χ0n) is 8.18. The first-order chi connectivity index (χ1) is 6.09. The van der Waals surface area contributed by atoms with Crippen LogP contribution in [0.1, 0.15) is 0 Å². The molecule has 67 valence electrons. The van der Waals surface area contributed by atoms with Gasteiger partial charge in [0.15, 0.2) is 0 Å². The van der Waals surface area contributed by atoms with E-state index in [9.17, 15) is 0 Å². The number of aromatic amines is 1. The van der Waals surface area contributed by atoms with Gasteiger partial charge in [0, 0.05) is 5.39 Å². The van der Waals surface area contributed by atoms with Gasteiger partial charge in [0.25, 0.3) is 0 Å². The van der Waals surface area contributed by atoms with E-state index in [4.69, 9.17) is 0 Å². The molecule has 2 nitrogen and oxygen atoms in total. The van der Waals surface area contributed by atoms with E-state index >= 15 is 0 Å². The molecule has 1 radical (unpaired) electrons. The highest BCUT2D eigenvalue weighted by atomic mass is 28.3. The zero-order valence-corrected chi connectivity index (χ0v) is 9.18. The topological polar surface area (TPSA) is 28.7 Å². The molecule has 0 aliphatic carbocycles. The maximum absolute atomic E-state index is 4.38. The van der Waals surface area contributed by atoms with Gasteiger partial charge in [0.2, 0.25) is 0 Å². The third kappa shape index (κ3) is 1.39. The minimum absolute atomic E-state index is 1.10. The Bertz CT molecular complexity index is 426. The van der Waals surface area contributed by atoms with Gasteiger partial charge in [-0.1, -0.05) is 31.8 Å². The Labute approximate surface area is 79.0 Å². The predicted octanol–water partition coefficient (Wildman–Crippen LogP) is 1.91. The van der Waals surface area contributed by atoms with Crippen LogP contribution in [-0.2, 0) is 0 Å². The van der Waals surface area contributed by atoms with Crippen LogP contribution in [0.4, 0.5) is 0 Å². The highest BCUT2D eigenvalue weighted by molar-refractivity contribution is 6.89. The van der Waals surface area contributed by atoms with Gasteiger partial charge in [-0.2, -0.15) is 5.10 Å². The van der Waals surface area contributed by atoms with E-state index in [1.807, 2.05) is 12.1 Å². The molecule has 0 fully saturated rings. The fraction of sp³-hybridized carbons (Fsp3) is 0.300. The second kappa shape index (κ2) is 2.70. The lowest BCUT2D eigenvalue weighted by molar-refractivity contribution is 1.14. The maximum Gasteiger partial charge on any atom is 0.104 e. The van der Waals surface area contributed by atoms with E-state index < -0.39 is 8.07 Å². The Balaban J connectivity index is 2.72. The van der Waals surface area contributed by atoms with Gasteiger partial charge in [-0.15, -0.1) is 0 Å². The molecule has 1 N–H and O–H groups in total. The van der Waals surface area contributed by atoms with Crippen LogP contribution in [-0.4, -0.2) is 18.3 Å². The third-order valence-electron chi connectivity index (χ3n) is 2.12. The number of hydrogen-bond donors (Lipinski definition) is 1. The Morgan fingerprint density at radius 2 is 2.15 bits per heavy atom. The van der Waals surface area contributed by atoms with Crippen molar-refractivity contribution in [3.8, 4) is 0 Å². The van der Waals surface area contributed by atoms with E-state index in [1.165, 1.54) is 10.7 Å². The molecule has 2 rings (SSSR count). The number of hydrogen-bond acceptors (Lipinski definition) is 1. The summed E-state index contributed by atoms with van der Waals surface area (Å²) >= 11 is 0. The third-order valence-corrected chi connectivity index (χ3v) is 3.92. The van der Waals surface area contributed by atoms with Crippen molar-refractivity contribution in [2.75, 3.05) is 0 Å². The van der Waals surface area contributed by atoms with Crippen LogP contribution in [0.15, 0.2) is 18.2 Å². The molecule has 0 aliphatic rings. The van der Waals surface area contributed by atoms with Gasteiger partial charge < -0.3 is 0 Å². The largest absolute Gasteiger partial charge is 0.278 e. The number of fused-ring (bicyclic) bond motifs is 1. The smallest absolute Gasteiger partial charge is 0.104 e. The summed E-state index contributed by atoms with van der Waals surface area (Å²) in [6, 6.07) is 9.03. The van der Waals surface area contributed by atoms with Crippen molar-refractivity contribution in [1.82, 2.24) is 10.2 Å². The summed E-state index contributed by atoms with van der Waals surface area (Å²) in [5.74, 6) is 0. The molecule has 13 heavy (non-hydrogen) atoms. The molecule has 0 unspecified atom stereocenters. The Hall–Kier alpha value is -1.09. The molecule has 0 bridgehead atoms. The summed E-state index contributed by atoms with van der Waals surface area (Å²) in [6.45, 7) is 6.91. The van der Waals surface area contributed by atoms with Crippen LogP contribution in [0.25, 0.3) is 10.9 Å². The molecular formula is C10H13N2Si. The van der Waals surface area contributed by atoms with Gasteiger partial charge in [-0.3, -0.25) is 5.10 Å². The number of nitrogens with one attached hydrogen (secondary N) is 1. The molecule has 0 aliphatic heterocycles. The number of nitrogens with zero attached hydrogens (tertiary/aromatic N) is 1. The lowest BCUT2D eigenvalue weighted by Crippen LogP contribution is -2.39. The summed E-state index contributed by atoms with van der Waals surface area (Å²) in [4.78, 5) is 0. The number of rotatable bonds is 1. The molecular weight excluding hydrogens is 176 g/mol. The Morgan fingerprint density at radius 3 is 2.85 bits per heavy atom. The van der Waals surface area contributed by atoms with Crippen LogP contribution in [0.2, 0.25) is 19.6 Å². The highest BCUT2D eigenvalue weighted by Gasteiger charge is 2.21. The number of aromatic nitrogens is 2. The standard InChI is InChI=1S/C10H13N2Si/c1-13(2,3)10-8-6-4-5-7-9(8)11-12-10/h4,6-7H,1-3H3,(H,11,12). The van der Waals surface area contributed by atoms with Gasteiger partial charge in [0.05, 0.1) is 10.8 Å². The van der Waals surface area contributed by atoms with Crippen LogP contribution in [0, 0.1) is 6.07 Å². The molecule has 1 heterocycles. The van der Waals surface area contributed by atoms with Crippen LogP contribution in [0.3, 0.4) is 0 Å². The summed E-state index contributed by atoms with van der Waals surface area (Å²) < 4.78 is 0. The SMILES string of the molecule is C[Si](C)(C)c1n[nH]c2c[c]ccc12. The van der Waals surface area contributed by atoms with Crippen LogP contribution < -0.4 is 5.32 Å². The molecule has 3 heteroatoms. The zero-order chi connectivity index (χ0) is 9.47. The van der Waals surface area contributed by atoms with E-state index in [0.717, 1.165) is 5.52 Å². The fourth-order valence-electron chi connectivity index (χ4n) is 1.48. The first-order valence-corrected chi connectivity index (χ1v) is 7.94. The van der Waals surface area contributed by atoms with Crippen molar-refractivity contribution in [2.24, 2.45) is 0 Å². The molecule has 1 aromatic carbocycles. The van der Waals surface area contributed by atoms with Crippen molar-refractivity contribution in [1.29, 1.82) is 0 Å². The second-order valence-electron chi connectivity index (χ2n) is 4.29. The fourth-order valence-corrected chi connectivity index (χ4v) is 2.89. The molecule has 1 aromatic heterocycles. The van der Waals surface area contributed by atoms with Gasteiger partial charge >= 0.3 is 0 Å². The summed E-state index contributed by atoms with van der Waals surface area (Å²) in [6.07, 6.45) is 0. The minimum Gasteiger partial charge on any atom is -0.278 e. The van der Waals surface area contributed by atoms with E-state index in [-0.39, 0.29) is 0 Å². The predicted molar refractivity (Wildman–Crippen MR) is 57.9 cm³/mol. The average Bonchev–Trinajstić information content (AvgIpc) is 2.45. The summed E-state index contributed by atoms with van der Waals surface area (Å²) in [5, 5.41) is 9.95. The molecule has 0 amide bonds. The normalized spacial score (nSPS) is 12.2. The van der Waals surface area contributed by atoms with Crippen molar-refractivity contribution >= 4 is 24.3 Å². The van der Waals surface area contributed by atoms with E-state index in [2.05, 4.69) is 42.0 Å². The molecule has 0 saturated carbocycles. The summed E-state index contributed by atoms with van der Waals surface area (Å²) in [7, 11) is -1.30. The van der Waals surface area contributed by atoms with Crippen LogP contribution in [0.5, 0.6) is 0 Å². The number of benzene rings is 1. The Kier molecular flexibility index (Phi) is 1.77. The minimum atomic E-state index is -1.30. The van der Waals surface area contributed by atoms with E-state index in [0.29, 0.717) is 0 Å². The monoisotopic (exact) mass is 189 g/mol. The quantitative estimate of drug-likeness (QED) is 0.682. The van der Waals surface area contributed by atoms with Crippen molar-refractivity contribution in [3.63, 3.8) is 0 Å². The van der Waals surface area contributed by atoms with Crippen molar-refractivity contribution < 1.29 is 0 Å². The van der Waals surface area contributed by atoms with E-state index in [1.54, 1.807) is 0 Å². The first-order valence-electron chi connectivity index (χ1n) is 4.44. The van der Waals surface area contributed by atoms with Gasteiger partial charge in [-0.05, 0) is 12.1 Å². The number of H-pyrrole nitrogens is 1. The second-order valence-corrected chi connectivity index (χ2v) is 9.27. The maximum atomic E-state index is 4.38. The van der Waals surface area contributed by atoms with Crippen molar-refractivity contribution in [2.45, 2.75) is 19.6 Å². The molecule has 2 aromatic rings. The van der Waals surface area contributed by atoms with Gasteiger partial charge in [-0.25, -0.2) is 0 Å². The first kappa shape index (κ1) is 8.50.